The van der Waals surface area contributed by atoms with Crippen LogP contribution < -0.4 is 0 Å². The highest BCUT2D eigenvalue weighted by Crippen LogP contribution is 2.30. The van der Waals surface area contributed by atoms with Crippen LogP contribution in [0.3, 0.4) is 0 Å². The van der Waals surface area contributed by atoms with E-state index in [0.29, 0.717) is 6.41 Å². The third-order valence-corrected chi connectivity index (χ3v) is 1.27. The molecule has 0 atom stereocenters. The molecular weight excluding hydrogens is 94.0 g/mol. The van der Waals surface area contributed by atoms with Crippen molar-refractivity contribution in [1.29, 1.82) is 0 Å². The molecular formula is C4H6NO2. The van der Waals surface area contributed by atoms with Crippen LogP contribution in [0, 0.1) is 6.41 Å². The first-order valence-electron chi connectivity index (χ1n) is 2.43. The van der Waals surface area contributed by atoms with Gasteiger partial charge in [0.05, 0.1) is 0 Å². The molecule has 3 nitrogen and oxygen atoms in total. The van der Waals surface area contributed by atoms with Crippen molar-refractivity contribution in [3.8, 4) is 0 Å². The number of hydrogen-bond acceptors (Lipinski definition) is 3. The van der Waals surface area contributed by atoms with Crippen molar-refractivity contribution in [2.45, 2.75) is 6.42 Å². The first kappa shape index (κ1) is 3.83. The lowest BCUT2D eigenvalue weighted by molar-refractivity contribution is 0.0850. The SMILES string of the molecule is C1CN([C]2OO2)C1. The minimum atomic E-state index is 0.714. The van der Waals surface area contributed by atoms with Crippen LogP contribution in [0.4, 0.5) is 0 Å². The molecule has 2 heterocycles. The van der Waals surface area contributed by atoms with Crippen molar-refractivity contribution in [1.82, 2.24) is 4.90 Å². The van der Waals surface area contributed by atoms with E-state index in [4.69, 9.17) is 0 Å². The first-order chi connectivity index (χ1) is 3.47. The van der Waals surface area contributed by atoms with Crippen LogP contribution in [0.1, 0.15) is 6.42 Å². The van der Waals surface area contributed by atoms with E-state index in [0.717, 1.165) is 13.1 Å². The van der Waals surface area contributed by atoms with E-state index in [-0.39, 0.29) is 0 Å². The van der Waals surface area contributed by atoms with Gasteiger partial charge in [0.1, 0.15) is 0 Å². The third-order valence-electron chi connectivity index (χ3n) is 1.27. The van der Waals surface area contributed by atoms with Crippen LogP contribution in [0.15, 0.2) is 0 Å². The molecule has 2 fully saturated rings. The van der Waals surface area contributed by atoms with E-state index < -0.39 is 0 Å². The Labute approximate surface area is 41.7 Å². The second kappa shape index (κ2) is 1.18. The molecule has 7 heavy (non-hydrogen) atoms. The van der Waals surface area contributed by atoms with Gasteiger partial charge in [-0.3, -0.25) is 0 Å². The molecule has 2 aliphatic heterocycles. The zero-order chi connectivity index (χ0) is 4.69. The van der Waals surface area contributed by atoms with Gasteiger partial charge in [-0.05, 0) is 6.42 Å². The normalized spacial score (nSPS) is 32.6. The van der Waals surface area contributed by atoms with Crippen LogP contribution >= 0.6 is 0 Å². The van der Waals surface area contributed by atoms with Crippen molar-refractivity contribution < 1.29 is 9.78 Å². The summed E-state index contributed by atoms with van der Waals surface area (Å²) in [7, 11) is 0. The summed E-state index contributed by atoms with van der Waals surface area (Å²) in [4.78, 5) is 11.0. The zero-order valence-corrected chi connectivity index (χ0v) is 3.89. The van der Waals surface area contributed by atoms with Gasteiger partial charge in [-0.25, -0.2) is 4.90 Å². The monoisotopic (exact) mass is 100 g/mol. The van der Waals surface area contributed by atoms with Gasteiger partial charge >= 0.3 is 6.41 Å². The van der Waals surface area contributed by atoms with Crippen molar-refractivity contribution in [2.75, 3.05) is 13.1 Å². The number of hydrogen-bond donors (Lipinski definition) is 0. The molecule has 0 aromatic heterocycles. The first-order valence-corrected chi connectivity index (χ1v) is 2.43. The van der Waals surface area contributed by atoms with Gasteiger partial charge in [-0.1, -0.05) is 0 Å². The molecule has 2 saturated heterocycles. The summed E-state index contributed by atoms with van der Waals surface area (Å²) < 4.78 is 0. The topological polar surface area (TPSA) is 28.3 Å². The summed E-state index contributed by atoms with van der Waals surface area (Å²) in [6, 6.07) is 0. The molecule has 0 spiro atoms. The molecule has 0 bridgehead atoms. The fourth-order valence-electron chi connectivity index (χ4n) is 0.623. The average molecular weight is 100 g/mol. The number of rotatable bonds is 1. The van der Waals surface area contributed by atoms with Gasteiger partial charge < -0.3 is 0 Å². The lowest BCUT2D eigenvalue weighted by Gasteiger charge is -2.24. The minimum absolute atomic E-state index is 0.714. The van der Waals surface area contributed by atoms with E-state index in [1.165, 1.54) is 6.42 Å². The molecule has 0 unspecified atom stereocenters. The predicted molar refractivity (Wildman–Crippen MR) is 21.6 cm³/mol. The van der Waals surface area contributed by atoms with E-state index in [1.807, 2.05) is 0 Å². The van der Waals surface area contributed by atoms with Gasteiger partial charge in [0.25, 0.3) is 0 Å². The van der Waals surface area contributed by atoms with Crippen LogP contribution in [-0.2, 0) is 9.78 Å². The molecule has 0 aromatic rings. The maximum atomic E-state index is 4.46. The second-order valence-corrected chi connectivity index (χ2v) is 1.77. The smallest absolute Gasteiger partial charge is 0.242 e. The van der Waals surface area contributed by atoms with Crippen molar-refractivity contribution in [3.05, 3.63) is 6.41 Å². The molecule has 0 aromatic carbocycles. The van der Waals surface area contributed by atoms with Gasteiger partial charge in [0.2, 0.25) is 0 Å². The van der Waals surface area contributed by atoms with Crippen LogP contribution in [0.5, 0.6) is 0 Å². The van der Waals surface area contributed by atoms with Crippen LogP contribution in [0.2, 0.25) is 0 Å². The number of likely N-dealkylation sites (tertiary alicyclic amines) is 1. The molecule has 2 rings (SSSR count). The average Bonchev–Trinajstić information content (AvgIpc) is 2.10. The fraction of sp³-hybridized carbons (Fsp3) is 0.750. The molecule has 3 heteroatoms. The lowest BCUT2D eigenvalue weighted by Crippen LogP contribution is -2.35. The summed E-state index contributed by atoms with van der Waals surface area (Å²) in [5.74, 6) is 0. The highest BCUT2D eigenvalue weighted by atomic mass is 17.4. The quantitative estimate of drug-likeness (QED) is 0.345. The molecule has 0 N–H and O–H groups in total. The Kier molecular flexibility index (Phi) is 0.647. The standard InChI is InChI=1S/C4H6NO2/c1-2-5(3-1)4-6-7-4/h1-3H2. The van der Waals surface area contributed by atoms with Crippen LogP contribution in [0.25, 0.3) is 0 Å². The van der Waals surface area contributed by atoms with Gasteiger partial charge in [-0.15, -0.1) is 0 Å². The van der Waals surface area contributed by atoms with Crippen LogP contribution in [-0.4, -0.2) is 18.0 Å². The summed E-state index contributed by atoms with van der Waals surface area (Å²) >= 11 is 0. The highest BCUT2D eigenvalue weighted by Gasteiger charge is 2.39. The summed E-state index contributed by atoms with van der Waals surface area (Å²) in [6.07, 6.45) is 1.99. The maximum Gasteiger partial charge on any atom is 0.363 e. The van der Waals surface area contributed by atoms with E-state index in [9.17, 15) is 0 Å². The lowest BCUT2D eigenvalue weighted by atomic mass is 10.2. The highest BCUT2D eigenvalue weighted by molar-refractivity contribution is 4.79. The van der Waals surface area contributed by atoms with Crippen molar-refractivity contribution >= 4 is 0 Å². The number of nitrogens with zero attached hydrogens (tertiary/aromatic N) is 1. The third kappa shape index (κ3) is 0.534. The summed E-state index contributed by atoms with van der Waals surface area (Å²) in [5.41, 5.74) is 0. The Balaban J connectivity index is 1.83. The molecule has 0 saturated carbocycles. The van der Waals surface area contributed by atoms with Crippen molar-refractivity contribution in [3.63, 3.8) is 0 Å². The molecule has 0 aliphatic carbocycles. The Bertz CT molecular complexity index is 77.8. The predicted octanol–water partition coefficient (Wildman–Crippen LogP) is 0.101. The van der Waals surface area contributed by atoms with Gasteiger partial charge in [0, 0.05) is 13.1 Å². The molecule has 1 radical (unpaired) electrons. The second-order valence-electron chi connectivity index (χ2n) is 1.77. The Morgan fingerprint density at radius 3 is 2.14 bits per heavy atom. The van der Waals surface area contributed by atoms with Gasteiger partial charge in [0.15, 0.2) is 0 Å². The zero-order valence-electron chi connectivity index (χ0n) is 3.89. The molecule has 39 valence electrons. The van der Waals surface area contributed by atoms with Gasteiger partial charge in [-0.2, -0.15) is 9.78 Å². The summed E-state index contributed by atoms with van der Waals surface area (Å²) in [5, 5.41) is 0. The Hall–Kier alpha value is -0.120. The minimum Gasteiger partial charge on any atom is -0.242 e. The Morgan fingerprint density at radius 1 is 1.29 bits per heavy atom. The molecule has 0 amide bonds. The van der Waals surface area contributed by atoms with E-state index >= 15 is 0 Å². The van der Waals surface area contributed by atoms with E-state index in [1.54, 1.807) is 0 Å². The van der Waals surface area contributed by atoms with E-state index in [2.05, 4.69) is 14.7 Å². The van der Waals surface area contributed by atoms with Crippen molar-refractivity contribution in [2.24, 2.45) is 0 Å². The maximum absolute atomic E-state index is 4.46. The fourth-order valence-corrected chi connectivity index (χ4v) is 0.623. The Morgan fingerprint density at radius 2 is 2.00 bits per heavy atom. The summed E-state index contributed by atoms with van der Waals surface area (Å²) in [6.45, 7) is 2.21. The largest absolute Gasteiger partial charge is 0.363 e. The molecule has 2 aliphatic rings.